The molecule has 0 radical (unpaired) electrons. The van der Waals surface area contributed by atoms with Gasteiger partial charge in [-0.05, 0) is 56.0 Å². The zero-order valence-electron chi connectivity index (χ0n) is 17.2. The Morgan fingerprint density at radius 3 is 2.77 bits per heavy atom. The number of nitrogens with zero attached hydrogens (tertiary/aromatic N) is 3. The van der Waals surface area contributed by atoms with Gasteiger partial charge in [0.1, 0.15) is 17.0 Å². The third kappa shape index (κ3) is 3.97. The van der Waals surface area contributed by atoms with Crippen molar-refractivity contribution < 1.29 is 13.6 Å². The minimum absolute atomic E-state index is 0.0115. The number of halogens is 1. The van der Waals surface area contributed by atoms with Crippen LogP contribution in [-0.4, -0.2) is 33.4 Å². The molecule has 1 aliphatic heterocycles. The van der Waals surface area contributed by atoms with Gasteiger partial charge >= 0.3 is 0 Å². The Morgan fingerprint density at radius 2 is 1.97 bits per heavy atom. The van der Waals surface area contributed by atoms with Crippen LogP contribution in [-0.2, 0) is 6.42 Å². The van der Waals surface area contributed by atoms with Gasteiger partial charge in [-0.3, -0.25) is 4.79 Å². The molecule has 1 fully saturated rings. The number of fused-ring (bicyclic) bond motifs is 1. The first-order chi connectivity index (χ1) is 15.1. The largest absolute Gasteiger partial charge is 0.441 e. The minimum atomic E-state index is -0.299. The number of thiazole rings is 1. The monoisotopic (exact) mass is 435 g/mol. The summed E-state index contributed by atoms with van der Waals surface area (Å²) in [6, 6.07) is 13.9. The molecular weight excluding hydrogens is 413 g/mol. The standard InChI is InChI=1S/C24H22FN3O2S/c1-15-26-22(23(31-15)16-9-11-17(25)12-10-16)24(29)28-13-5-4-6-18(28)14-21-27-19-7-2-3-8-20(19)30-21/h2-3,7-12,18H,4-6,13-14H2,1H3. The minimum Gasteiger partial charge on any atom is -0.441 e. The second-order valence-electron chi connectivity index (χ2n) is 7.85. The van der Waals surface area contributed by atoms with Crippen LogP contribution in [0.2, 0.25) is 0 Å². The molecule has 0 spiro atoms. The van der Waals surface area contributed by atoms with E-state index < -0.39 is 0 Å². The van der Waals surface area contributed by atoms with Crippen molar-refractivity contribution in [3.05, 3.63) is 70.9 Å². The van der Waals surface area contributed by atoms with E-state index in [1.165, 1.54) is 23.5 Å². The van der Waals surface area contributed by atoms with E-state index in [1.807, 2.05) is 36.1 Å². The Hall–Kier alpha value is -3.06. The Morgan fingerprint density at radius 1 is 1.16 bits per heavy atom. The van der Waals surface area contributed by atoms with Gasteiger partial charge in [0.25, 0.3) is 5.91 Å². The third-order valence-corrected chi connectivity index (χ3v) is 6.70. The molecule has 1 atom stereocenters. The molecule has 0 aliphatic carbocycles. The van der Waals surface area contributed by atoms with Gasteiger partial charge in [0.2, 0.25) is 0 Å². The molecule has 5 nitrogen and oxygen atoms in total. The molecule has 0 saturated carbocycles. The van der Waals surface area contributed by atoms with Gasteiger partial charge in [-0.25, -0.2) is 14.4 Å². The van der Waals surface area contributed by atoms with Crippen molar-refractivity contribution in [3.63, 3.8) is 0 Å². The number of aryl methyl sites for hydroxylation is 1. The second kappa shape index (κ2) is 8.23. The molecule has 1 aliphatic rings. The molecule has 1 unspecified atom stereocenters. The van der Waals surface area contributed by atoms with E-state index in [2.05, 4.69) is 9.97 Å². The molecule has 0 bridgehead atoms. The summed E-state index contributed by atoms with van der Waals surface area (Å²) in [5.74, 6) is 0.274. The van der Waals surface area contributed by atoms with Crippen molar-refractivity contribution in [2.24, 2.45) is 0 Å². The van der Waals surface area contributed by atoms with Crippen LogP contribution in [0.3, 0.4) is 0 Å². The van der Waals surface area contributed by atoms with Crippen molar-refractivity contribution in [2.75, 3.05) is 6.54 Å². The number of hydrogen-bond acceptors (Lipinski definition) is 5. The molecule has 1 saturated heterocycles. The number of carbonyl (C=O) groups excluding carboxylic acids is 1. The fraction of sp³-hybridized carbons (Fsp3) is 0.292. The Labute approximate surface area is 183 Å². The molecule has 0 N–H and O–H groups in total. The van der Waals surface area contributed by atoms with Crippen LogP contribution in [0.15, 0.2) is 52.9 Å². The Kier molecular flexibility index (Phi) is 5.28. The topological polar surface area (TPSA) is 59.2 Å². The predicted octanol–water partition coefficient (Wildman–Crippen LogP) is 5.64. The molecule has 31 heavy (non-hydrogen) atoms. The zero-order valence-corrected chi connectivity index (χ0v) is 18.0. The SMILES string of the molecule is Cc1nc(C(=O)N2CCCCC2Cc2nc3ccccc3o2)c(-c2ccc(F)cc2)s1. The molecule has 2 aromatic carbocycles. The normalized spacial score (nSPS) is 16.7. The van der Waals surface area contributed by atoms with E-state index in [1.54, 1.807) is 12.1 Å². The van der Waals surface area contributed by atoms with Crippen LogP contribution in [0, 0.1) is 12.7 Å². The fourth-order valence-corrected chi connectivity index (χ4v) is 5.11. The summed E-state index contributed by atoms with van der Waals surface area (Å²) in [6.07, 6.45) is 3.51. The molecule has 7 heteroatoms. The van der Waals surface area contributed by atoms with Crippen molar-refractivity contribution in [1.82, 2.24) is 14.9 Å². The zero-order chi connectivity index (χ0) is 21.4. The molecule has 2 aromatic heterocycles. The summed E-state index contributed by atoms with van der Waals surface area (Å²) in [4.78, 5) is 25.4. The summed E-state index contributed by atoms with van der Waals surface area (Å²) < 4.78 is 19.3. The maximum atomic E-state index is 13.6. The number of likely N-dealkylation sites (tertiary alicyclic amines) is 1. The molecule has 4 aromatic rings. The van der Waals surface area contributed by atoms with Gasteiger partial charge in [-0.2, -0.15) is 0 Å². The Balaban J connectivity index is 1.44. The number of benzene rings is 2. The lowest BCUT2D eigenvalue weighted by atomic mass is 9.98. The van der Waals surface area contributed by atoms with E-state index in [-0.39, 0.29) is 17.8 Å². The van der Waals surface area contributed by atoms with Gasteiger partial charge in [0.05, 0.1) is 9.88 Å². The smallest absolute Gasteiger partial charge is 0.274 e. The fourth-order valence-electron chi connectivity index (χ4n) is 4.19. The van der Waals surface area contributed by atoms with Gasteiger partial charge in [-0.15, -0.1) is 11.3 Å². The highest BCUT2D eigenvalue weighted by Crippen LogP contribution is 2.33. The van der Waals surface area contributed by atoms with Crippen LogP contribution >= 0.6 is 11.3 Å². The lowest BCUT2D eigenvalue weighted by molar-refractivity contribution is 0.0601. The number of amides is 1. The first kappa shape index (κ1) is 19.9. The molecule has 1 amide bonds. The van der Waals surface area contributed by atoms with Gasteiger partial charge in [0, 0.05) is 19.0 Å². The first-order valence-corrected chi connectivity index (χ1v) is 11.3. The van der Waals surface area contributed by atoms with Crippen LogP contribution in [0.4, 0.5) is 4.39 Å². The van der Waals surface area contributed by atoms with Gasteiger partial charge < -0.3 is 9.32 Å². The van der Waals surface area contributed by atoms with Crippen LogP contribution in [0.25, 0.3) is 21.5 Å². The van der Waals surface area contributed by atoms with Crippen molar-refractivity contribution in [2.45, 2.75) is 38.6 Å². The van der Waals surface area contributed by atoms with Crippen LogP contribution < -0.4 is 0 Å². The van der Waals surface area contributed by atoms with Crippen molar-refractivity contribution in [1.29, 1.82) is 0 Å². The van der Waals surface area contributed by atoms with E-state index in [4.69, 9.17) is 4.42 Å². The highest BCUT2D eigenvalue weighted by atomic mass is 32.1. The first-order valence-electron chi connectivity index (χ1n) is 10.5. The van der Waals surface area contributed by atoms with Crippen LogP contribution in [0.1, 0.15) is 40.6 Å². The highest BCUT2D eigenvalue weighted by Gasteiger charge is 2.32. The van der Waals surface area contributed by atoms with Gasteiger partial charge in [-0.1, -0.05) is 24.3 Å². The maximum absolute atomic E-state index is 13.6. The summed E-state index contributed by atoms with van der Waals surface area (Å²) in [5.41, 5.74) is 2.85. The lowest BCUT2D eigenvalue weighted by Gasteiger charge is -2.35. The van der Waals surface area contributed by atoms with E-state index >= 15 is 0 Å². The summed E-state index contributed by atoms with van der Waals surface area (Å²) in [7, 11) is 0. The lowest BCUT2D eigenvalue weighted by Crippen LogP contribution is -2.45. The molecule has 5 rings (SSSR count). The van der Waals surface area contributed by atoms with E-state index in [9.17, 15) is 9.18 Å². The van der Waals surface area contributed by atoms with Crippen molar-refractivity contribution >= 4 is 28.3 Å². The van der Waals surface area contributed by atoms with Crippen molar-refractivity contribution in [3.8, 4) is 10.4 Å². The average Bonchev–Trinajstić information content (AvgIpc) is 3.37. The Bertz CT molecular complexity index is 1200. The number of para-hydroxylation sites is 2. The number of carbonyl (C=O) groups is 1. The summed E-state index contributed by atoms with van der Waals surface area (Å²) in [6.45, 7) is 2.57. The molecule has 158 valence electrons. The van der Waals surface area contributed by atoms with Crippen LogP contribution in [0.5, 0.6) is 0 Å². The number of hydrogen-bond donors (Lipinski definition) is 0. The van der Waals surface area contributed by atoms with Gasteiger partial charge in [0.15, 0.2) is 11.5 Å². The molecule has 3 heterocycles. The predicted molar refractivity (Wildman–Crippen MR) is 119 cm³/mol. The van der Waals surface area contributed by atoms with E-state index in [0.29, 0.717) is 24.6 Å². The number of aromatic nitrogens is 2. The summed E-state index contributed by atoms with van der Waals surface area (Å²) >= 11 is 1.46. The number of oxazole rings is 1. The summed E-state index contributed by atoms with van der Waals surface area (Å²) in [5, 5.41) is 0.815. The molecular formula is C24H22FN3O2S. The highest BCUT2D eigenvalue weighted by molar-refractivity contribution is 7.15. The number of piperidine rings is 1. The average molecular weight is 436 g/mol. The maximum Gasteiger partial charge on any atom is 0.274 e. The number of rotatable bonds is 4. The third-order valence-electron chi connectivity index (χ3n) is 5.68. The van der Waals surface area contributed by atoms with E-state index in [0.717, 1.165) is 45.8 Å². The second-order valence-corrected chi connectivity index (χ2v) is 9.05. The quantitative estimate of drug-likeness (QED) is 0.416.